The smallest absolute Gasteiger partial charge is 0.147 e. The molecule has 0 aliphatic heterocycles. The molecule has 0 radical (unpaired) electrons. The molecule has 1 aromatic heterocycles. The Morgan fingerprint density at radius 2 is 2.18 bits per heavy atom. The monoisotopic (exact) mass is 296 g/mol. The van der Waals surface area contributed by atoms with E-state index in [0.717, 1.165) is 4.47 Å². The fraction of sp³-hybridized carbons (Fsp3) is 0.0909. The molecule has 0 aliphatic carbocycles. The standard InChI is InChI=1S/C11H10BrFN4/c12-8-1-2-9(13)7(3-8)4-16-11-6-15-5-10(14)17-11/h1-3,5-6H,4H2,(H3,14,16,17). The molecule has 1 heterocycles. The van der Waals surface area contributed by atoms with E-state index in [0.29, 0.717) is 23.7 Å². The van der Waals surface area contributed by atoms with Crippen molar-refractivity contribution in [3.63, 3.8) is 0 Å². The van der Waals surface area contributed by atoms with Gasteiger partial charge in [-0.15, -0.1) is 0 Å². The first-order valence-corrected chi connectivity index (χ1v) is 5.70. The summed E-state index contributed by atoms with van der Waals surface area (Å²) >= 11 is 3.29. The lowest BCUT2D eigenvalue weighted by Crippen LogP contribution is -2.05. The van der Waals surface area contributed by atoms with Crippen molar-refractivity contribution in [1.29, 1.82) is 0 Å². The number of benzene rings is 1. The molecule has 0 bridgehead atoms. The normalized spacial score (nSPS) is 10.2. The predicted molar refractivity (Wildman–Crippen MR) is 67.9 cm³/mol. The third-order valence-electron chi connectivity index (χ3n) is 2.12. The minimum Gasteiger partial charge on any atom is -0.382 e. The topological polar surface area (TPSA) is 63.8 Å². The quantitative estimate of drug-likeness (QED) is 0.914. The van der Waals surface area contributed by atoms with Gasteiger partial charge in [-0.3, -0.25) is 4.98 Å². The Kier molecular flexibility index (Phi) is 3.53. The van der Waals surface area contributed by atoms with Gasteiger partial charge in [-0.25, -0.2) is 9.37 Å². The number of nitrogens with one attached hydrogen (secondary N) is 1. The molecule has 0 saturated carbocycles. The van der Waals surface area contributed by atoms with Gasteiger partial charge in [-0.1, -0.05) is 15.9 Å². The zero-order valence-corrected chi connectivity index (χ0v) is 10.4. The van der Waals surface area contributed by atoms with Crippen LogP contribution in [0.5, 0.6) is 0 Å². The fourth-order valence-corrected chi connectivity index (χ4v) is 1.74. The number of anilines is 2. The molecule has 6 heteroatoms. The van der Waals surface area contributed by atoms with Gasteiger partial charge in [0.25, 0.3) is 0 Å². The van der Waals surface area contributed by atoms with Gasteiger partial charge in [0, 0.05) is 16.6 Å². The van der Waals surface area contributed by atoms with E-state index in [1.54, 1.807) is 12.1 Å². The lowest BCUT2D eigenvalue weighted by molar-refractivity contribution is 0.612. The molecule has 4 nitrogen and oxygen atoms in total. The van der Waals surface area contributed by atoms with Gasteiger partial charge >= 0.3 is 0 Å². The highest BCUT2D eigenvalue weighted by atomic mass is 79.9. The van der Waals surface area contributed by atoms with Gasteiger partial charge < -0.3 is 11.1 Å². The Morgan fingerprint density at radius 1 is 1.35 bits per heavy atom. The van der Waals surface area contributed by atoms with Crippen LogP contribution in [0.4, 0.5) is 16.0 Å². The van der Waals surface area contributed by atoms with Crippen molar-refractivity contribution in [3.8, 4) is 0 Å². The molecule has 0 amide bonds. The van der Waals surface area contributed by atoms with Crippen LogP contribution in [0, 0.1) is 5.82 Å². The maximum Gasteiger partial charge on any atom is 0.147 e. The summed E-state index contributed by atoms with van der Waals surface area (Å²) in [4.78, 5) is 7.89. The molecule has 0 saturated heterocycles. The Morgan fingerprint density at radius 3 is 2.94 bits per heavy atom. The zero-order valence-electron chi connectivity index (χ0n) is 8.82. The van der Waals surface area contributed by atoms with Crippen molar-refractivity contribution in [2.75, 3.05) is 11.1 Å². The highest BCUT2D eigenvalue weighted by molar-refractivity contribution is 9.10. The van der Waals surface area contributed by atoms with E-state index in [-0.39, 0.29) is 5.82 Å². The Labute approximate surface area is 106 Å². The largest absolute Gasteiger partial charge is 0.382 e. The fourth-order valence-electron chi connectivity index (χ4n) is 1.33. The number of rotatable bonds is 3. The number of aromatic nitrogens is 2. The first-order chi connectivity index (χ1) is 8.15. The molecule has 1 aromatic carbocycles. The van der Waals surface area contributed by atoms with E-state index in [9.17, 15) is 4.39 Å². The van der Waals surface area contributed by atoms with Crippen molar-refractivity contribution < 1.29 is 4.39 Å². The second kappa shape index (κ2) is 5.09. The van der Waals surface area contributed by atoms with Crippen LogP contribution in [0.1, 0.15) is 5.56 Å². The highest BCUT2D eigenvalue weighted by Crippen LogP contribution is 2.16. The number of halogens is 2. The van der Waals surface area contributed by atoms with E-state index in [1.807, 2.05) is 0 Å². The number of nitrogens with zero attached hydrogens (tertiary/aromatic N) is 2. The van der Waals surface area contributed by atoms with E-state index in [4.69, 9.17) is 5.73 Å². The lowest BCUT2D eigenvalue weighted by atomic mass is 10.2. The summed E-state index contributed by atoms with van der Waals surface area (Å²) in [6.07, 6.45) is 2.98. The van der Waals surface area contributed by atoms with Gasteiger partial charge in [-0.2, -0.15) is 0 Å². The first kappa shape index (κ1) is 11.8. The summed E-state index contributed by atoms with van der Waals surface area (Å²) in [5.74, 6) is 0.576. The molecule has 2 aromatic rings. The van der Waals surface area contributed by atoms with E-state index < -0.39 is 0 Å². The number of nitrogen functional groups attached to an aromatic ring is 1. The maximum atomic E-state index is 13.4. The van der Waals surface area contributed by atoms with Crippen LogP contribution < -0.4 is 11.1 Å². The number of hydrogen-bond donors (Lipinski definition) is 2. The van der Waals surface area contributed by atoms with E-state index in [1.165, 1.54) is 18.5 Å². The van der Waals surface area contributed by atoms with Crippen LogP contribution in [-0.2, 0) is 6.54 Å². The summed E-state index contributed by atoms with van der Waals surface area (Å²) in [5.41, 5.74) is 6.03. The SMILES string of the molecule is Nc1cncc(NCc2cc(Br)ccc2F)n1. The van der Waals surface area contributed by atoms with E-state index in [2.05, 4.69) is 31.2 Å². The lowest BCUT2D eigenvalue weighted by Gasteiger charge is -2.07. The molecule has 3 N–H and O–H groups in total. The number of hydrogen-bond acceptors (Lipinski definition) is 4. The Balaban J connectivity index is 2.09. The van der Waals surface area contributed by atoms with Crippen molar-refractivity contribution in [2.24, 2.45) is 0 Å². The minimum absolute atomic E-state index is 0.266. The van der Waals surface area contributed by atoms with Gasteiger partial charge in [-0.05, 0) is 18.2 Å². The van der Waals surface area contributed by atoms with Crippen LogP contribution in [-0.4, -0.2) is 9.97 Å². The van der Waals surface area contributed by atoms with Crippen molar-refractivity contribution >= 4 is 27.6 Å². The highest BCUT2D eigenvalue weighted by Gasteiger charge is 2.03. The molecule has 88 valence electrons. The molecular weight excluding hydrogens is 287 g/mol. The Bertz CT molecular complexity index is 533. The molecule has 2 rings (SSSR count). The van der Waals surface area contributed by atoms with Crippen LogP contribution >= 0.6 is 15.9 Å². The third kappa shape index (κ3) is 3.13. The maximum absolute atomic E-state index is 13.4. The molecule has 0 atom stereocenters. The summed E-state index contributed by atoms with van der Waals surface area (Å²) in [6.45, 7) is 0.323. The molecule has 17 heavy (non-hydrogen) atoms. The van der Waals surface area contributed by atoms with Crippen molar-refractivity contribution in [3.05, 3.63) is 46.4 Å². The summed E-state index contributed by atoms with van der Waals surface area (Å²) in [7, 11) is 0. The Hall–Kier alpha value is -1.69. The molecule has 0 spiro atoms. The minimum atomic E-state index is -0.266. The zero-order chi connectivity index (χ0) is 12.3. The molecule has 0 fully saturated rings. The summed E-state index contributed by atoms with van der Waals surface area (Å²) in [6, 6.07) is 4.77. The second-order valence-corrected chi connectivity index (χ2v) is 4.33. The van der Waals surface area contributed by atoms with Crippen LogP contribution in [0.15, 0.2) is 35.1 Å². The molecular formula is C11H10BrFN4. The summed E-state index contributed by atoms with van der Waals surface area (Å²) in [5, 5.41) is 2.96. The number of nitrogens with two attached hydrogens (primary N) is 1. The van der Waals surface area contributed by atoms with Crippen LogP contribution in [0.25, 0.3) is 0 Å². The van der Waals surface area contributed by atoms with Crippen LogP contribution in [0.3, 0.4) is 0 Å². The molecule has 0 unspecified atom stereocenters. The van der Waals surface area contributed by atoms with Gasteiger partial charge in [0.2, 0.25) is 0 Å². The average molecular weight is 297 g/mol. The first-order valence-electron chi connectivity index (χ1n) is 4.90. The van der Waals surface area contributed by atoms with Crippen molar-refractivity contribution in [1.82, 2.24) is 9.97 Å². The average Bonchev–Trinajstić information content (AvgIpc) is 2.30. The van der Waals surface area contributed by atoms with Gasteiger partial charge in [0.05, 0.1) is 12.4 Å². The van der Waals surface area contributed by atoms with Gasteiger partial charge in [0.15, 0.2) is 0 Å². The second-order valence-electron chi connectivity index (χ2n) is 3.42. The predicted octanol–water partition coefficient (Wildman–Crippen LogP) is 2.57. The van der Waals surface area contributed by atoms with Crippen LogP contribution in [0.2, 0.25) is 0 Å². The third-order valence-corrected chi connectivity index (χ3v) is 2.61. The summed E-state index contributed by atoms with van der Waals surface area (Å²) < 4.78 is 14.3. The van der Waals surface area contributed by atoms with Gasteiger partial charge in [0.1, 0.15) is 17.5 Å². The molecule has 0 aliphatic rings. The van der Waals surface area contributed by atoms with Crippen molar-refractivity contribution in [2.45, 2.75) is 6.54 Å². The van der Waals surface area contributed by atoms with E-state index >= 15 is 0 Å².